The lowest BCUT2D eigenvalue weighted by atomic mass is 9.88. The molecule has 1 saturated carbocycles. The number of allylic oxidation sites excluding steroid dienone is 3. The number of carbonyl (C=O) groups is 1. The van der Waals surface area contributed by atoms with E-state index < -0.39 is 5.72 Å². The van der Waals surface area contributed by atoms with Gasteiger partial charge in [-0.3, -0.25) is 10.1 Å². The van der Waals surface area contributed by atoms with Crippen LogP contribution in [-0.2, 0) is 11.2 Å². The fourth-order valence-electron chi connectivity index (χ4n) is 5.33. The Morgan fingerprint density at radius 1 is 1.14 bits per heavy atom. The highest BCUT2D eigenvalue weighted by Crippen LogP contribution is 2.25. The van der Waals surface area contributed by atoms with Gasteiger partial charge in [0.25, 0.3) is 0 Å². The Labute approximate surface area is 220 Å². The van der Waals surface area contributed by atoms with Crippen molar-refractivity contribution in [3.05, 3.63) is 60.7 Å². The highest BCUT2D eigenvalue weighted by atomic mass is 16.5. The summed E-state index contributed by atoms with van der Waals surface area (Å²) in [5.41, 5.74) is -0.215. The summed E-state index contributed by atoms with van der Waals surface area (Å²) in [6, 6.07) is 10.1. The van der Waals surface area contributed by atoms with Gasteiger partial charge >= 0.3 is 0 Å². The molecule has 4 rings (SSSR count). The summed E-state index contributed by atoms with van der Waals surface area (Å²) < 4.78 is 5.39. The van der Waals surface area contributed by atoms with Crippen LogP contribution in [0.1, 0.15) is 70.6 Å². The number of aryl methyl sites for hydroxylation is 1. The van der Waals surface area contributed by atoms with E-state index in [1.807, 2.05) is 66.6 Å². The predicted octanol–water partition coefficient (Wildman–Crippen LogP) is 4.34. The number of amides is 1. The van der Waals surface area contributed by atoms with Gasteiger partial charge < -0.3 is 19.8 Å². The number of rotatable bonds is 9. The fourth-order valence-corrected chi connectivity index (χ4v) is 5.33. The number of nitrogens with zero attached hydrogens (tertiary/aromatic N) is 3. The molecular formula is C29H41N5O3. The Morgan fingerprint density at radius 2 is 1.95 bits per heavy atom. The molecule has 8 heteroatoms. The zero-order valence-electron chi connectivity index (χ0n) is 21.9. The van der Waals surface area contributed by atoms with E-state index in [2.05, 4.69) is 20.8 Å². The molecule has 0 bridgehead atoms. The second kappa shape index (κ2) is 13.5. The van der Waals surface area contributed by atoms with Gasteiger partial charge in [-0.2, -0.15) is 4.98 Å². The summed E-state index contributed by atoms with van der Waals surface area (Å²) >= 11 is 0. The lowest BCUT2D eigenvalue weighted by molar-refractivity contribution is -0.138. The first-order valence-electron chi connectivity index (χ1n) is 13.8. The molecule has 8 nitrogen and oxygen atoms in total. The molecule has 2 aliphatic rings. The maximum atomic E-state index is 13.2. The molecule has 1 saturated heterocycles. The quantitative estimate of drug-likeness (QED) is 0.343. The lowest BCUT2D eigenvalue weighted by Gasteiger charge is -2.42. The van der Waals surface area contributed by atoms with E-state index in [9.17, 15) is 9.90 Å². The molecule has 3 atom stereocenters. The van der Waals surface area contributed by atoms with Crippen LogP contribution in [0.25, 0.3) is 11.4 Å². The molecule has 200 valence electrons. The molecule has 0 radical (unpaired) electrons. The molecule has 1 aliphatic heterocycles. The second-order valence-corrected chi connectivity index (χ2v) is 10.2. The number of carbonyl (C=O) groups excluding carboxylic acids is 1. The normalized spacial score (nSPS) is 25.3. The summed E-state index contributed by atoms with van der Waals surface area (Å²) in [5.74, 6) is 0.994. The number of aromatic nitrogens is 2. The van der Waals surface area contributed by atoms with E-state index in [1.54, 1.807) is 0 Å². The smallest absolute Gasteiger partial charge is 0.227 e. The van der Waals surface area contributed by atoms with Gasteiger partial charge in [0.05, 0.1) is 6.54 Å². The van der Waals surface area contributed by atoms with Crippen LogP contribution in [0.2, 0.25) is 0 Å². The minimum atomic E-state index is -1.10. The average molecular weight is 508 g/mol. The first kappa shape index (κ1) is 27.1. The van der Waals surface area contributed by atoms with Gasteiger partial charge in [0.1, 0.15) is 5.72 Å². The number of aliphatic hydroxyl groups is 1. The number of hydrogen-bond donors (Lipinski definition) is 3. The molecule has 1 aliphatic carbocycles. The summed E-state index contributed by atoms with van der Waals surface area (Å²) in [5, 5.41) is 22.8. The lowest BCUT2D eigenvalue weighted by Crippen LogP contribution is -2.62. The van der Waals surface area contributed by atoms with E-state index in [1.165, 1.54) is 6.42 Å². The van der Waals surface area contributed by atoms with Crippen molar-refractivity contribution < 1.29 is 14.4 Å². The Hall–Kier alpha value is -2.97. The van der Waals surface area contributed by atoms with Crippen molar-refractivity contribution in [2.45, 2.75) is 88.9 Å². The van der Waals surface area contributed by atoms with Crippen LogP contribution in [0.5, 0.6) is 0 Å². The van der Waals surface area contributed by atoms with E-state index in [0.29, 0.717) is 37.6 Å². The van der Waals surface area contributed by atoms with Crippen molar-refractivity contribution in [3.63, 3.8) is 0 Å². The standard InChI is InChI=1S/C29H41N5O3/c1-2-3-11-20-30-24-15-8-9-16-25(24)32-29(36)19-10-5-12-21-34(22-29)27(35)18-17-26-31-28(33-37-26)23-13-6-4-7-14-23/h2-4,6-7,11,13-14,20,24-25,30,32,36H,5,8-10,12,15-19,21-22H2,1H3/b3-2-,20-11-/t24-,25?,29?/m0/s1. The summed E-state index contributed by atoms with van der Waals surface area (Å²) in [7, 11) is 0. The number of hydrogen-bond acceptors (Lipinski definition) is 7. The van der Waals surface area contributed by atoms with Crippen LogP contribution in [0.4, 0.5) is 0 Å². The van der Waals surface area contributed by atoms with Crippen LogP contribution < -0.4 is 10.6 Å². The highest BCUT2D eigenvalue weighted by molar-refractivity contribution is 5.76. The van der Waals surface area contributed by atoms with Gasteiger partial charge in [-0.1, -0.05) is 66.9 Å². The second-order valence-electron chi connectivity index (χ2n) is 10.2. The number of nitrogens with one attached hydrogen (secondary N) is 2. The van der Waals surface area contributed by atoms with Gasteiger partial charge in [-0.15, -0.1) is 0 Å². The maximum Gasteiger partial charge on any atom is 0.227 e. The third-order valence-corrected chi connectivity index (χ3v) is 7.31. The molecule has 2 unspecified atom stereocenters. The maximum absolute atomic E-state index is 13.2. The molecule has 2 fully saturated rings. The first-order chi connectivity index (χ1) is 18.1. The Balaban J connectivity index is 1.36. The molecule has 0 spiro atoms. The molecule has 37 heavy (non-hydrogen) atoms. The fraction of sp³-hybridized carbons (Fsp3) is 0.552. The van der Waals surface area contributed by atoms with Crippen molar-refractivity contribution >= 4 is 5.91 Å². The largest absolute Gasteiger partial charge is 0.387 e. The number of likely N-dealkylation sites (tertiary alicyclic amines) is 1. The third kappa shape index (κ3) is 8.01. The van der Waals surface area contributed by atoms with E-state index in [4.69, 9.17) is 4.52 Å². The molecule has 2 heterocycles. The van der Waals surface area contributed by atoms with Gasteiger partial charge in [0.15, 0.2) is 0 Å². The number of benzene rings is 1. The van der Waals surface area contributed by atoms with Gasteiger partial charge in [0.2, 0.25) is 17.6 Å². The van der Waals surface area contributed by atoms with Crippen LogP contribution in [0.15, 0.2) is 59.3 Å². The van der Waals surface area contributed by atoms with Crippen molar-refractivity contribution in [1.82, 2.24) is 25.7 Å². The van der Waals surface area contributed by atoms with Crippen LogP contribution in [0, 0.1) is 0 Å². The zero-order valence-corrected chi connectivity index (χ0v) is 21.9. The monoisotopic (exact) mass is 507 g/mol. The minimum absolute atomic E-state index is 0.00851. The Bertz CT molecular complexity index is 1040. The predicted molar refractivity (Wildman–Crippen MR) is 144 cm³/mol. The van der Waals surface area contributed by atoms with Crippen molar-refractivity contribution in [1.29, 1.82) is 0 Å². The van der Waals surface area contributed by atoms with Gasteiger partial charge in [-0.25, -0.2) is 0 Å². The molecule has 1 aromatic carbocycles. The van der Waals surface area contributed by atoms with Crippen LogP contribution >= 0.6 is 0 Å². The Morgan fingerprint density at radius 3 is 2.76 bits per heavy atom. The molecule has 2 aromatic rings. The topological polar surface area (TPSA) is 104 Å². The SMILES string of the molecule is C/C=C\C=C/N[C@H]1CCCCC1NC1(O)CCCCCN(C(=O)CCc2nc(-c3ccccc3)no2)C1. The molecule has 3 N–H and O–H groups in total. The van der Waals surface area contributed by atoms with E-state index in [0.717, 1.165) is 44.1 Å². The van der Waals surface area contributed by atoms with Crippen LogP contribution in [0.3, 0.4) is 0 Å². The zero-order chi connectivity index (χ0) is 25.9. The highest BCUT2D eigenvalue weighted by Gasteiger charge is 2.37. The third-order valence-electron chi connectivity index (χ3n) is 7.31. The molecular weight excluding hydrogens is 466 g/mol. The summed E-state index contributed by atoms with van der Waals surface area (Å²) in [6.07, 6.45) is 16.6. The van der Waals surface area contributed by atoms with Crippen molar-refractivity contribution in [3.8, 4) is 11.4 Å². The summed E-state index contributed by atoms with van der Waals surface area (Å²) in [4.78, 5) is 19.5. The molecule has 1 aromatic heterocycles. The van der Waals surface area contributed by atoms with E-state index >= 15 is 0 Å². The van der Waals surface area contributed by atoms with Crippen molar-refractivity contribution in [2.24, 2.45) is 0 Å². The van der Waals surface area contributed by atoms with Crippen molar-refractivity contribution in [2.75, 3.05) is 13.1 Å². The van der Waals surface area contributed by atoms with Gasteiger partial charge in [-0.05, 0) is 51.3 Å². The Kier molecular flexibility index (Phi) is 9.91. The van der Waals surface area contributed by atoms with E-state index in [-0.39, 0.29) is 24.4 Å². The first-order valence-corrected chi connectivity index (χ1v) is 13.8. The molecule has 1 amide bonds. The average Bonchev–Trinajstić information content (AvgIpc) is 3.38. The van der Waals surface area contributed by atoms with Crippen LogP contribution in [-0.4, -0.2) is 57.0 Å². The van der Waals surface area contributed by atoms with Gasteiger partial charge in [0, 0.05) is 37.0 Å². The summed E-state index contributed by atoms with van der Waals surface area (Å²) in [6.45, 7) is 2.94. The number of β-amino-alcohol motifs (C(OH)–C–C–N with tert-alkyl or cyclic N) is 1. The minimum Gasteiger partial charge on any atom is -0.387 e.